The van der Waals surface area contributed by atoms with E-state index in [0.717, 1.165) is 27.4 Å². The molecule has 2 rings (SSSR count). The first-order valence-electron chi connectivity index (χ1n) is 6.73. The average molecular weight is 396 g/mol. The molecule has 0 aliphatic carbocycles. The molecule has 0 radical (unpaired) electrons. The monoisotopic (exact) mass is 395 g/mol. The summed E-state index contributed by atoms with van der Waals surface area (Å²) in [5, 5.41) is 10.1. The van der Waals surface area contributed by atoms with Gasteiger partial charge in [0.05, 0.1) is 0 Å². The van der Waals surface area contributed by atoms with Crippen molar-refractivity contribution in [1.82, 2.24) is 5.32 Å². The number of hydrogen-bond acceptors (Lipinski definition) is 3. The van der Waals surface area contributed by atoms with Crippen molar-refractivity contribution in [2.24, 2.45) is 5.73 Å². The summed E-state index contributed by atoms with van der Waals surface area (Å²) in [6.45, 7) is 0.314. The Labute approximate surface area is 146 Å². The minimum Gasteiger partial charge on any atom is -0.379 e. The number of halogens is 2. The number of thioether (sulfide) groups is 1. The van der Waals surface area contributed by atoms with Gasteiger partial charge in [-0.3, -0.25) is 10.2 Å². The highest BCUT2D eigenvalue weighted by Gasteiger charge is 2.12. The number of amides is 1. The van der Waals surface area contributed by atoms with E-state index in [1.807, 2.05) is 6.07 Å². The SMILES string of the molecule is N=C(N)SCc1cc(Br)ccc1C(=O)NCc1ccc(F)cc1. The highest BCUT2D eigenvalue weighted by Crippen LogP contribution is 2.21. The topological polar surface area (TPSA) is 79.0 Å². The fourth-order valence-corrected chi connectivity index (χ4v) is 2.90. The lowest BCUT2D eigenvalue weighted by Crippen LogP contribution is -2.24. The molecule has 2 aromatic carbocycles. The number of rotatable bonds is 5. The molecule has 0 aliphatic heterocycles. The number of amidine groups is 1. The van der Waals surface area contributed by atoms with E-state index in [9.17, 15) is 9.18 Å². The van der Waals surface area contributed by atoms with Crippen molar-refractivity contribution in [2.75, 3.05) is 0 Å². The molecule has 0 saturated heterocycles. The summed E-state index contributed by atoms with van der Waals surface area (Å²) in [6, 6.07) is 11.3. The van der Waals surface area contributed by atoms with E-state index in [0.29, 0.717) is 17.9 Å². The smallest absolute Gasteiger partial charge is 0.251 e. The highest BCUT2D eigenvalue weighted by molar-refractivity contribution is 9.10. The van der Waals surface area contributed by atoms with E-state index in [4.69, 9.17) is 11.1 Å². The largest absolute Gasteiger partial charge is 0.379 e. The Morgan fingerprint density at radius 1 is 1.26 bits per heavy atom. The van der Waals surface area contributed by atoms with Crippen LogP contribution in [0.3, 0.4) is 0 Å². The quantitative estimate of drug-likeness (QED) is 0.533. The maximum absolute atomic E-state index is 12.9. The lowest BCUT2D eigenvalue weighted by atomic mass is 10.1. The lowest BCUT2D eigenvalue weighted by molar-refractivity contribution is 0.0950. The van der Waals surface area contributed by atoms with Crippen LogP contribution in [0.2, 0.25) is 0 Å². The number of carbonyl (C=O) groups excluding carboxylic acids is 1. The molecule has 2 aromatic rings. The van der Waals surface area contributed by atoms with E-state index < -0.39 is 0 Å². The molecule has 23 heavy (non-hydrogen) atoms. The first-order chi connectivity index (χ1) is 11.0. The molecule has 1 amide bonds. The number of nitrogens with two attached hydrogens (primary N) is 1. The van der Waals surface area contributed by atoms with Crippen LogP contribution in [0, 0.1) is 11.2 Å². The van der Waals surface area contributed by atoms with Crippen LogP contribution in [0.15, 0.2) is 46.9 Å². The van der Waals surface area contributed by atoms with Crippen LogP contribution >= 0.6 is 27.7 Å². The van der Waals surface area contributed by atoms with E-state index in [-0.39, 0.29) is 16.9 Å². The molecular weight excluding hydrogens is 381 g/mol. The van der Waals surface area contributed by atoms with Gasteiger partial charge in [0, 0.05) is 22.3 Å². The molecule has 4 nitrogen and oxygen atoms in total. The van der Waals surface area contributed by atoms with Crippen LogP contribution in [0.1, 0.15) is 21.5 Å². The third-order valence-corrected chi connectivity index (χ3v) is 4.32. The van der Waals surface area contributed by atoms with E-state index in [1.54, 1.807) is 24.3 Å². The normalized spacial score (nSPS) is 10.3. The lowest BCUT2D eigenvalue weighted by Gasteiger charge is -2.11. The third kappa shape index (κ3) is 5.37. The number of carbonyl (C=O) groups is 1. The van der Waals surface area contributed by atoms with Gasteiger partial charge in [-0.2, -0.15) is 0 Å². The molecule has 0 fully saturated rings. The molecule has 0 spiro atoms. The molecule has 0 bridgehead atoms. The molecular formula is C16H15BrFN3OS. The van der Waals surface area contributed by atoms with Gasteiger partial charge >= 0.3 is 0 Å². The summed E-state index contributed by atoms with van der Waals surface area (Å²) in [7, 11) is 0. The van der Waals surface area contributed by atoms with Gasteiger partial charge in [-0.25, -0.2) is 4.39 Å². The second-order valence-electron chi connectivity index (χ2n) is 4.76. The third-order valence-electron chi connectivity index (χ3n) is 3.06. The van der Waals surface area contributed by atoms with Crippen LogP contribution in [0.4, 0.5) is 4.39 Å². The van der Waals surface area contributed by atoms with Crippen molar-refractivity contribution in [1.29, 1.82) is 5.41 Å². The number of nitrogens with one attached hydrogen (secondary N) is 2. The predicted molar refractivity (Wildman–Crippen MR) is 94.9 cm³/mol. The van der Waals surface area contributed by atoms with Crippen molar-refractivity contribution in [3.63, 3.8) is 0 Å². The fourth-order valence-electron chi connectivity index (χ4n) is 1.94. The van der Waals surface area contributed by atoms with Gasteiger partial charge in [0.2, 0.25) is 0 Å². The minimum atomic E-state index is -0.309. The summed E-state index contributed by atoms with van der Waals surface area (Å²) in [6.07, 6.45) is 0. The Bertz CT molecular complexity index is 722. The van der Waals surface area contributed by atoms with Gasteiger partial charge in [-0.1, -0.05) is 39.8 Å². The molecule has 7 heteroatoms. The zero-order valence-electron chi connectivity index (χ0n) is 12.1. The second kappa shape index (κ2) is 8.12. The Morgan fingerprint density at radius 2 is 1.96 bits per heavy atom. The van der Waals surface area contributed by atoms with Crippen molar-refractivity contribution in [3.05, 3.63) is 69.4 Å². The van der Waals surface area contributed by atoms with Gasteiger partial charge in [-0.15, -0.1) is 0 Å². The van der Waals surface area contributed by atoms with Crippen molar-refractivity contribution in [2.45, 2.75) is 12.3 Å². The maximum atomic E-state index is 12.9. The van der Waals surface area contributed by atoms with E-state index in [1.165, 1.54) is 12.1 Å². The van der Waals surface area contributed by atoms with Crippen LogP contribution in [0.5, 0.6) is 0 Å². The molecule has 0 aromatic heterocycles. The standard InChI is InChI=1S/C16H15BrFN3OS/c17-12-3-6-14(11(7-12)9-23-16(19)20)15(22)21-8-10-1-4-13(18)5-2-10/h1-7H,8-9H2,(H3,19,20)(H,21,22). The molecule has 0 heterocycles. The van der Waals surface area contributed by atoms with Gasteiger partial charge < -0.3 is 11.1 Å². The zero-order chi connectivity index (χ0) is 16.8. The summed E-state index contributed by atoms with van der Waals surface area (Å²) in [5.74, 6) is -0.0915. The van der Waals surface area contributed by atoms with E-state index >= 15 is 0 Å². The summed E-state index contributed by atoms with van der Waals surface area (Å²) in [5.41, 5.74) is 7.49. The Hall–Kier alpha value is -1.86. The molecule has 0 saturated carbocycles. The van der Waals surface area contributed by atoms with Gasteiger partial charge in [0.1, 0.15) is 5.82 Å². The summed E-state index contributed by atoms with van der Waals surface area (Å²) in [4.78, 5) is 12.4. The number of benzene rings is 2. The van der Waals surface area contributed by atoms with Gasteiger partial charge in [0.15, 0.2) is 5.17 Å². The molecule has 0 aliphatic rings. The maximum Gasteiger partial charge on any atom is 0.251 e. The second-order valence-corrected chi connectivity index (χ2v) is 6.70. The van der Waals surface area contributed by atoms with Crippen LogP contribution in [-0.2, 0) is 12.3 Å². The van der Waals surface area contributed by atoms with Gasteiger partial charge in [0.25, 0.3) is 5.91 Å². The van der Waals surface area contributed by atoms with Crippen molar-refractivity contribution < 1.29 is 9.18 Å². The fraction of sp³-hybridized carbons (Fsp3) is 0.125. The minimum absolute atomic E-state index is 0.00245. The molecule has 0 unspecified atom stereocenters. The van der Waals surface area contributed by atoms with Crippen LogP contribution < -0.4 is 11.1 Å². The highest BCUT2D eigenvalue weighted by atomic mass is 79.9. The Kier molecular flexibility index (Phi) is 6.18. The van der Waals surface area contributed by atoms with Crippen LogP contribution in [-0.4, -0.2) is 11.1 Å². The molecule has 0 atom stereocenters. The van der Waals surface area contributed by atoms with Crippen molar-refractivity contribution in [3.8, 4) is 0 Å². The summed E-state index contributed by atoms with van der Waals surface area (Å²) >= 11 is 4.53. The molecule has 120 valence electrons. The van der Waals surface area contributed by atoms with Gasteiger partial charge in [-0.05, 0) is 41.5 Å². The summed E-state index contributed by atoms with van der Waals surface area (Å²) < 4.78 is 13.7. The van der Waals surface area contributed by atoms with Crippen molar-refractivity contribution >= 4 is 38.8 Å². The zero-order valence-corrected chi connectivity index (χ0v) is 14.5. The Balaban J connectivity index is 2.08. The number of hydrogen-bond donors (Lipinski definition) is 3. The predicted octanol–water partition coefficient (Wildman–Crippen LogP) is 3.64. The Morgan fingerprint density at radius 3 is 2.61 bits per heavy atom. The van der Waals surface area contributed by atoms with E-state index in [2.05, 4.69) is 21.2 Å². The first-order valence-corrected chi connectivity index (χ1v) is 8.51. The van der Waals surface area contributed by atoms with Crippen LogP contribution in [0.25, 0.3) is 0 Å². The molecule has 4 N–H and O–H groups in total. The first kappa shape index (κ1) is 17.5. The average Bonchev–Trinajstić information content (AvgIpc) is 2.52.